The topological polar surface area (TPSA) is 117 Å². The Kier molecular flexibility index (Phi) is 8.35. The molecule has 2 rings (SSSR count). The number of amides is 2. The Morgan fingerprint density at radius 1 is 1.24 bits per heavy atom. The molecule has 2 aromatic rings. The summed E-state index contributed by atoms with van der Waals surface area (Å²) in [4.78, 5) is 36.1. The molecule has 9 heteroatoms. The molecule has 0 spiro atoms. The molecule has 1 unspecified atom stereocenters. The average molecular weight is 417 g/mol. The summed E-state index contributed by atoms with van der Waals surface area (Å²) in [5.74, 6) is -1.46. The number of carboxylic acids is 1. The van der Waals surface area contributed by atoms with Crippen molar-refractivity contribution in [3.8, 4) is 5.75 Å². The number of benzene rings is 1. The van der Waals surface area contributed by atoms with E-state index in [-0.39, 0.29) is 18.2 Å². The van der Waals surface area contributed by atoms with Gasteiger partial charge in [0.05, 0.1) is 12.6 Å². The third-order valence-electron chi connectivity index (χ3n) is 3.79. The summed E-state index contributed by atoms with van der Waals surface area (Å²) in [6.45, 7) is 3.23. The molecule has 0 aliphatic carbocycles. The first-order valence-electron chi connectivity index (χ1n) is 8.94. The number of carbonyl (C=O) groups is 3. The normalized spacial score (nSPS) is 12.0. The Morgan fingerprint density at radius 2 is 2.03 bits per heavy atom. The molecule has 0 aliphatic heterocycles. The van der Waals surface area contributed by atoms with Crippen LogP contribution in [0.1, 0.15) is 24.3 Å². The Balaban J connectivity index is 1.91. The zero-order valence-electron chi connectivity index (χ0n) is 16.1. The maximum atomic E-state index is 12.4. The van der Waals surface area contributed by atoms with Crippen molar-refractivity contribution in [1.82, 2.24) is 10.7 Å². The molecule has 3 N–H and O–H groups in total. The molecule has 0 aliphatic rings. The third kappa shape index (κ3) is 7.74. The molecule has 1 atom stereocenters. The maximum absolute atomic E-state index is 12.4. The van der Waals surface area contributed by atoms with Gasteiger partial charge < -0.3 is 15.2 Å². The van der Waals surface area contributed by atoms with Gasteiger partial charge in [-0.25, -0.2) is 10.2 Å². The number of hydrazone groups is 1. The number of rotatable bonds is 10. The van der Waals surface area contributed by atoms with Crippen molar-refractivity contribution in [1.29, 1.82) is 0 Å². The second-order valence-electron chi connectivity index (χ2n) is 6.53. The van der Waals surface area contributed by atoms with Crippen LogP contribution in [0.15, 0.2) is 46.9 Å². The number of thiophene rings is 1. The van der Waals surface area contributed by atoms with E-state index in [1.165, 1.54) is 17.6 Å². The Morgan fingerprint density at radius 3 is 2.69 bits per heavy atom. The summed E-state index contributed by atoms with van der Waals surface area (Å²) in [5.41, 5.74) is 3.05. The number of hydrogen-bond acceptors (Lipinski definition) is 6. The molecule has 0 radical (unpaired) electrons. The summed E-state index contributed by atoms with van der Waals surface area (Å²) in [6.07, 6.45) is 1.64. The van der Waals surface area contributed by atoms with E-state index in [0.29, 0.717) is 11.3 Å². The number of ether oxygens (including phenoxy) is 1. The molecule has 0 saturated heterocycles. The number of hydrogen-bond donors (Lipinski definition) is 3. The first kappa shape index (κ1) is 22.1. The van der Waals surface area contributed by atoms with Gasteiger partial charge in [-0.2, -0.15) is 5.10 Å². The lowest BCUT2D eigenvalue weighted by molar-refractivity contribution is -0.139. The van der Waals surface area contributed by atoms with Crippen molar-refractivity contribution in [3.05, 3.63) is 52.2 Å². The molecule has 29 heavy (non-hydrogen) atoms. The van der Waals surface area contributed by atoms with Crippen LogP contribution < -0.4 is 15.5 Å². The van der Waals surface area contributed by atoms with Crippen LogP contribution in [-0.4, -0.2) is 41.8 Å². The highest BCUT2D eigenvalue weighted by Gasteiger charge is 2.24. The molecule has 1 heterocycles. The van der Waals surface area contributed by atoms with E-state index in [2.05, 4.69) is 15.8 Å². The fraction of sp³-hybridized carbons (Fsp3) is 0.300. The Labute approximate surface area is 172 Å². The molecular formula is C20H23N3O5S. The molecule has 0 fully saturated rings. The summed E-state index contributed by atoms with van der Waals surface area (Å²) < 4.78 is 5.10. The van der Waals surface area contributed by atoms with E-state index < -0.39 is 24.5 Å². The van der Waals surface area contributed by atoms with E-state index in [4.69, 9.17) is 9.84 Å². The van der Waals surface area contributed by atoms with Gasteiger partial charge >= 0.3 is 5.97 Å². The minimum Gasteiger partial charge on any atom is -0.482 e. The molecule has 8 nitrogen and oxygen atoms in total. The molecule has 154 valence electrons. The first-order chi connectivity index (χ1) is 13.8. The van der Waals surface area contributed by atoms with Gasteiger partial charge in [-0.05, 0) is 35.1 Å². The minimum atomic E-state index is -1.07. The Hall–Kier alpha value is -3.20. The quantitative estimate of drug-likeness (QED) is 0.404. The number of carbonyl (C=O) groups excluding carboxylic acids is 2. The van der Waals surface area contributed by atoms with Crippen LogP contribution >= 0.6 is 11.3 Å². The largest absolute Gasteiger partial charge is 0.482 e. The highest BCUT2D eigenvalue weighted by Crippen LogP contribution is 2.12. The van der Waals surface area contributed by atoms with Crippen molar-refractivity contribution in [2.75, 3.05) is 6.61 Å². The van der Waals surface area contributed by atoms with Crippen LogP contribution in [0.5, 0.6) is 5.75 Å². The number of carboxylic acid groups (broad SMARTS) is 1. The fourth-order valence-corrected chi connectivity index (χ4v) is 3.10. The molecule has 2 amide bonds. The standard InChI is InChI=1S/C20H23N3O5S/c1-13(2)19(22-17(24)10-16-7-4-8-29-16)20(27)23-21-11-14-5-3-6-15(9-14)28-12-18(25)26/h3-9,11,13,19H,10,12H2,1-2H3,(H,22,24)(H,23,27)(H,25,26)/b21-11-. The summed E-state index contributed by atoms with van der Waals surface area (Å²) in [6, 6.07) is 9.65. The third-order valence-corrected chi connectivity index (χ3v) is 4.67. The van der Waals surface area contributed by atoms with E-state index >= 15 is 0 Å². The lowest BCUT2D eigenvalue weighted by Gasteiger charge is -2.20. The van der Waals surface area contributed by atoms with Gasteiger partial charge in [-0.1, -0.05) is 32.0 Å². The van der Waals surface area contributed by atoms with Gasteiger partial charge in [-0.15, -0.1) is 11.3 Å². The second kappa shape index (κ2) is 11.0. The number of nitrogens with zero attached hydrogens (tertiary/aromatic N) is 1. The summed E-state index contributed by atoms with van der Waals surface area (Å²) in [5, 5.41) is 17.2. The van der Waals surface area contributed by atoms with E-state index in [1.807, 2.05) is 31.4 Å². The van der Waals surface area contributed by atoms with Crippen LogP contribution in [0.3, 0.4) is 0 Å². The predicted octanol–water partition coefficient (Wildman–Crippen LogP) is 2.05. The summed E-state index contributed by atoms with van der Waals surface area (Å²) >= 11 is 1.49. The van der Waals surface area contributed by atoms with Gasteiger partial charge in [0.15, 0.2) is 6.61 Å². The van der Waals surface area contributed by atoms with E-state index in [1.54, 1.807) is 24.3 Å². The van der Waals surface area contributed by atoms with Crippen LogP contribution in [0.2, 0.25) is 0 Å². The fourth-order valence-electron chi connectivity index (χ4n) is 2.40. The molecule has 0 bridgehead atoms. The molecule has 1 aromatic heterocycles. The summed E-state index contributed by atoms with van der Waals surface area (Å²) in [7, 11) is 0. The average Bonchev–Trinajstić information content (AvgIpc) is 3.17. The van der Waals surface area contributed by atoms with Gasteiger partial charge in [0.1, 0.15) is 11.8 Å². The Bertz CT molecular complexity index is 865. The van der Waals surface area contributed by atoms with Gasteiger partial charge in [0.2, 0.25) is 5.91 Å². The van der Waals surface area contributed by atoms with Crippen molar-refractivity contribution >= 4 is 35.3 Å². The monoisotopic (exact) mass is 417 g/mol. The van der Waals surface area contributed by atoms with Crippen LogP contribution in [0, 0.1) is 5.92 Å². The van der Waals surface area contributed by atoms with Gasteiger partial charge in [0, 0.05) is 4.88 Å². The van der Waals surface area contributed by atoms with Gasteiger partial charge in [-0.3, -0.25) is 9.59 Å². The zero-order chi connectivity index (χ0) is 21.2. The molecular weight excluding hydrogens is 394 g/mol. The number of nitrogens with one attached hydrogen (secondary N) is 2. The molecule has 1 aromatic carbocycles. The van der Waals surface area contributed by atoms with Crippen molar-refractivity contribution in [2.45, 2.75) is 26.3 Å². The van der Waals surface area contributed by atoms with Crippen molar-refractivity contribution in [2.24, 2.45) is 11.0 Å². The second-order valence-corrected chi connectivity index (χ2v) is 7.57. The maximum Gasteiger partial charge on any atom is 0.341 e. The predicted molar refractivity (Wildman–Crippen MR) is 110 cm³/mol. The lowest BCUT2D eigenvalue weighted by Crippen LogP contribution is -2.49. The van der Waals surface area contributed by atoms with Crippen molar-refractivity contribution < 1.29 is 24.2 Å². The molecule has 0 saturated carbocycles. The van der Waals surface area contributed by atoms with Crippen LogP contribution in [0.4, 0.5) is 0 Å². The number of aliphatic carboxylic acids is 1. The smallest absolute Gasteiger partial charge is 0.341 e. The SMILES string of the molecule is CC(C)C(NC(=O)Cc1cccs1)C(=O)N/N=C\c1cccc(OCC(=O)O)c1. The highest BCUT2D eigenvalue weighted by molar-refractivity contribution is 7.10. The van der Waals surface area contributed by atoms with Crippen molar-refractivity contribution in [3.63, 3.8) is 0 Å². The lowest BCUT2D eigenvalue weighted by atomic mass is 10.0. The van der Waals surface area contributed by atoms with Gasteiger partial charge in [0.25, 0.3) is 5.91 Å². The minimum absolute atomic E-state index is 0.120. The van der Waals surface area contributed by atoms with E-state index in [0.717, 1.165) is 4.88 Å². The van der Waals surface area contributed by atoms with Crippen LogP contribution in [-0.2, 0) is 20.8 Å². The van der Waals surface area contributed by atoms with E-state index in [9.17, 15) is 14.4 Å². The first-order valence-corrected chi connectivity index (χ1v) is 9.82. The van der Waals surface area contributed by atoms with Crippen LogP contribution in [0.25, 0.3) is 0 Å². The highest BCUT2D eigenvalue weighted by atomic mass is 32.1. The zero-order valence-corrected chi connectivity index (χ0v) is 16.9.